The summed E-state index contributed by atoms with van der Waals surface area (Å²) in [6.45, 7) is 5.32. The molecular formula is C13H20N4O3S. The fourth-order valence-corrected chi connectivity index (χ4v) is 4.09. The van der Waals surface area contributed by atoms with Gasteiger partial charge in [0.25, 0.3) is 0 Å². The van der Waals surface area contributed by atoms with Gasteiger partial charge in [-0.05, 0) is 20.3 Å². The summed E-state index contributed by atoms with van der Waals surface area (Å²) >= 11 is 0. The van der Waals surface area contributed by atoms with Crippen molar-refractivity contribution in [3.05, 3.63) is 35.3 Å². The summed E-state index contributed by atoms with van der Waals surface area (Å²) < 4.78 is 33.3. The molecule has 7 nitrogen and oxygen atoms in total. The molecule has 0 spiro atoms. The summed E-state index contributed by atoms with van der Waals surface area (Å²) in [7, 11) is -3.73. The average Bonchev–Trinajstić information content (AvgIpc) is 3.03. The molecule has 0 saturated carbocycles. The average molecular weight is 312 g/mol. The van der Waals surface area contributed by atoms with Gasteiger partial charge in [0.2, 0.25) is 10.0 Å². The van der Waals surface area contributed by atoms with Crippen molar-refractivity contribution in [3.63, 3.8) is 0 Å². The quantitative estimate of drug-likeness (QED) is 0.748. The zero-order valence-electron chi connectivity index (χ0n) is 12.3. The van der Waals surface area contributed by atoms with Crippen molar-refractivity contribution in [2.75, 3.05) is 0 Å². The third kappa shape index (κ3) is 3.02. The molecule has 1 unspecified atom stereocenters. The van der Waals surface area contributed by atoms with Gasteiger partial charge in [-0.2, -0.15) is 0 Å². The van der Waals surface area contributed by atoms with Crippen LogP contribution in [0, 0.1) is 13.8 Å². The molecule has 1 atom stereocenters. The van der Waals surface area contributed by atoms with Crippen LogP contribution in [-0.2, 0) is 16.6 Å². The number of rotatable bonds is 6. The Morgan fingerprint density at radius 3 is 2.67 bits per heavy atom. The highest BCUT2D eigenvalue weighted by molar-refractivity contribution is 7.89. The molecule has 0 aromatic carbocycles. The largest absolute Gasteiger partial charge is 0.465 e. The van der Waals surface area contributed by atoms with E-state index >= 15 is 0 Å². The second kappa shape index (κ2) is 6.00. The van der Waals surface area contributed by atoms with Crippen LogP contribution in [0.15, 0.2) is 21.7 Å². The first-order valence-corrected chi connectivity index (χ1v) is 8.19. The van der Waals surface area contributed by atoms with E-state index in [0.29, 0.717) is 29.3 Å². The van der Waals surface area contributed by atoms with Gasteiger partial charge in [-0.15, -0.1) is 0 Å². The van der Waals surface area contributed by atoms with Crippen molar-refractivity contribution in [2.24, 2.45) is 5.73 Å². The summed E-state index contributed by atoms with van der Waals surface area (Å²) in [5.74, 6) is 1.45. The standard InChI is InChI=1S/C13H20N4O3S/c1-4-11(13-15-5-6-16-13)17-21(18,19)12-9(3)20-8(2)10(12)7-14/h5-6,11,17H,4,7,14H2,1-3H3,(H,15,16). The van der Waals surface area contributed by atoms with Crippen molar-refractivity contribution in [1.29, 1.82) is 0 Å². The smallest absolute Gasteiger partial charge is 0.245 e. The van der Waals surface area contributed by atoms with Gasteiger partial charge >= 0.3 is 0 Å². The molecule has 0 bridgehead atoms. The molecule has 4 N–H and O–H groups in total. The van der Waals surface area contributed by atoms with E-state index in [-0.39, 0.29) is 11.4 Å². The first-order chi connectivity index (χ1) is 9.90. The van der Waals surface area contributed by atoms with Gasteiger partial charge in [-0.3, -0.25) is 0 Å². The van der Waals surface area contributed by atoms with E-state index in [1.807, 2.05) is 6.92 Å². The summed E-state index contributed by atoms with van der Waals surface area (Å²) in [6.07, 6.45) is 3.82. The Balaban J connectivity index is 2.39. The number of aromatic amines is 1. The van der Waals surface area contributed by atoms with Crippen LogP contribution in [-0.4, -0.2) is 18.4 Å². The van der Waals surface area contributed by atoms with Crippen LogP contribution in [0.1, 0.15) is 42.3 Å². The molecule has 2 aromatic rings. The van der Waals surface area contributed by atoms with Crippen LogP contribution in [0.5, 0.6) is 0 Å². The molecule has 0 radical (unpaired) electrons. The molecule has 21 heavy (non-hydrogen) atoms. The summed E-state index contributed by atoms with van der Waals surface area (Å²) in [5, 5.41) is 0. The van der Waals surface area contributed by atoms with E-state index in [1.165, 1.54) is 0 Å². The number of aromatic nitrogens is 2. The molecule has 0 saturated heterocycles. The molecule has 0 fully saturated rings. The third-order valence-corrected chi connectivity index (χ3v) is 5.02. The SMILES string of the molecule is CCC(NS(=O)(=O)c1c(C)oc(C)c1CN)c1ncc[nH]1. The predicted molar refractivity (Wildman–Crippen MR) is 78.0 cm³/mol. The highest BCUT2D eigenvalue weighted by Gasteiger charge is 2.29. The van der Waals surface area contributed by atoms with Gasteiger partial charge in [-0.1, -0.05) is 6.92 Å². The number of hydrogen-bond acceptors (Lipinski definition) is 5. The van der Waals surface area contributed by atoms with Gasteiger partial charge in [-0.25, -0.2) is 18.1 Å². The predicted octanol–water partition coefficient (Wildman–Crippen LogP) is 1.51. The molecule has 0 aliphatic heterocycles. The number of nitrogens with two attached hydrogens (primary N) is 1. The Labute approximate surface area is 124 Å². The highest BCUT2D eigenvalue weighted by Crippen LogP contribution is 2.27. The Kier molecular flexibility index (Phi) is 4.50. The lowest BCUT2D eigenvalue weighted by Crippen LogP contribution is -2.30. The minimum absolute atomic E-state index is 0.108. The maximum Gasteiger partial charge on any atom is 0.245 e. The number of nitrogens with zero attached hydrogens (tertiary/aromatic N) is 1. The highest BCUT2D eigenvalue weighted by atomic mass is 32.2. The number of furan rings is 1. The first-order valence-electron chi connectivity index (χ1n) is 6.71. The van der Waals surface area contributed by atoms with E-state index in [2.05, 4.69) is 14.7 Å². The second-order valence-electron chi connectivity index (χ2n) is 4.78. The maximum absolute atomic E-state index is 12.6. The monoisotopic (exact) mass is 312 g/mol. The molecule has 0 aliphatic rings. The number of sulfonamides is 1. The summed E-state index contributed by atoms with van der Waals surface area (Å²) in [6, 6.07) is -0.426. The Morgan fingerprint density at radius 2 is 2.14 bits per heavy atom. The van der Waals surface area contributed by atoms with Crippen molar-refractivity contribution >= 4 is 10.0 Å². The lowest BCUT2D eigenvalue weighted by atomic mass is 10.2. The Bertz CT molecular complexity index is 704. The number of hydrogen-bond donors (Lipinski definition) is 3. The zero-order valence-corrected chi connectivity index (χ0v) is 13.1. The maximum atomic E-state index is 12.6. The second-order valence-corrected chi connectivity index (χ2v) is 6.43. The van der Waals surface area contributed by atoms with Gasteiger partial charge < -0.3 is 15.1 Å². The van der Waals surface area contributed by atoms with Gasteiger partial charge in [0, 0.05) is 24.5 Å². The minimum Gasteiger partial charge on any atom is -0.465 e. The number of H-pyrrole nitrogens is 1. The lowest BCUT2D eigenvalue weighted by molar-refractivity contribution is 0.492. The summed E-state index contributed by atoms with van der Waals surface area (Å²) in [4.78, 5) is 7.16. The molecular weight excluding hydrogens is 292 g/mol. The van der Waals surface area contributed by atoms with Crippen LogP contribution < -0.4 is 10.5 Å². The van der Waals surface area contributed by atoms with Gasteiger partial charge in [0.15, 0.2) is 0 Å². The van der Waals surface area contributed by atoms with E-state index in [4.69, 9.17) is 10.2 Å². The normalized spacial score (nSPS) is 13.5. The van der Waals surface area contributed by atoms with E-state index in [1.54, 1.807) is 26.2 Å². The fraction of sp³-hybridized carbons (Fsp3) is 0.462. The molecule has 0 amide bonds. The minimum atomic E-state index is -3.73. The third-order valence-electron chi connectivity index (χ3n) is 3.35. The van der Waals surface area contributed by atoms with E-state index in [0.717, 1.165) is 0 Å². The molecule has 2 heterocycles. The van der Waals surface area contributed by atoms with Crippen molar-refractivity contribution in [2.45, 2.75) is 44.7 Å². The zero-order chi connectivity index (χ0) is 15.6. The van der Waals surface area contributed by atoms with Gasteiger partial charge in [0.1, 0.15) is 22.2 Å². The fourth-order valence-electron chi connectivity index (χ4n) is 2.34. The molecule has 2 rings (SSSR count). The number of aryl methyl sites for hydroxylation is 2. The van der Waals surface area contributed by atoms with E-state index in [9.17, 15) is 8.42 Å². The molecule has 2 aromatic heterocycles. The van der Waals surface area contributed by atoms with E-state index < -0.39 is 16.1 Å². The Hall–Kier alpha value is -1.64. The Morgan fingerprint density at radius 1 is 1.43 bits per heavy atom. The summed E-state index contributed by atoms with van der Waals surface area (Å²) in [5.41, 5.74) is 6.16. The van der Waals surface area contributed by atoms with Crippen LogP contribution in [0.2, 0.25) is 0 Å². The van der Waals surface area contributed by atoms with Crippen molar-refractivity contribution in [1.82, 2.24) is 14.7 Å². The van der Waals surface area contributed by atoms with Crippen LogP contribution >= 0.6 is 0 Å². The lowest BCUT2D eigenvalue weighted by Gasteiger charge is -2.15. The molecule has 8 heteroatoms. The topological polar surface area (TPSA) is 114 Å². The molecule has 116 valence electrons. The van der Waals surface area contributed by atoms with Crippen LogP contribution in [0.25, 0.3) is 0 Å². The van der Waals surface area contributed by atoms with Crippen LogP contribution in [0.4, 0.5) is 0 Å². The number of nitrogens with one attached hydrogen (secondary N) is 2. The first kappa shape index (κ1) is 15.7. The van der Waals surface area contributed by atoms with Gasteiger partial charge in [0.05, 0.1) is 6.04 Å². The molecule has 0 aliphatic carbocycles. The van der Waals surface area contributed by atoms with Crippen molar-refractivity contribution < 1.29 is 12.8 Å². The van der Waals surface area contributed by atoms with Crippen molar-refractivity contribution in [3.8, 4) is 0 Å². The number of imidazole rings is 1. The van der Waals surface area contributed by atoms with Crippen LogP contribution in [0.3, 0.4) is 0 Å².